The van der Waals surface area contributed by atoms with Gasteiger partial charge in [-0.05, 0) is 60.4 Å². The fourth-order valence-electron chi connectivity index (χ4n) is 4.01. The van der Waals surface area contributed by atoms with E-state index >= 15 is 0 Å². The second kappa shape index (κ2) is 6.62. The van der Waals surface area contributed by atoms with Crippen LogP contribution in [0, 0.1) is 11.8 Å². The summed E-state index contributed by atoms with van der Waals surface area (Å²) in [4.78, 5) is 0. The molecule has 0 saturated heterocycles. The molecule has 1 nitrogen and oxygen atoms in total. The van der Waals surface area contributed by atoms with Crippen molar-refractivity contribution in [2.24, 2.45) is 11.8 Å². The standard InChI is InChI=1S/C20H27N/c1-3-21-20-12-11-15(2)13-18(20)14-17-9-6-8-16-7-4-5-10-19(16)17/h4-10,15,18,20-21H,3,11-14H2,1-2H3. The van der Waals surface area contributed by atoms with Crippen molar-refractivity contribution in [2.75, 3.05) is 6.54 Å². The van der Waals surface area contributed by atoms with Crippen LogP contribution >= 0.6 is 0 Å². The number of hydrogen-bond donors (Lipinski definition) is 1. The van der Waals surface area contributed by atoms with Gasteiger partial charge in [0.2, 0.25) is 0 Å². The summed E-state index contributed by atoms with van der Waals surface area (Å²) in [6.07, 6.45) is 5.29. The fraction of sp³-hybridized carbons (Fsp3) is 0.500. The molecule has 3 rings (SSSR count). The number of nitrogens with one attached hydrogen (secondary N) is 1. The third kappa shape index (κ3) is 3.29. The normalized spacial score (nSPS) is 26.1. The van der Waals surface area contributed by atoms with E-state index in [0.717, 1.165) is 18.4 Å². The summed E-state index contributed by atoms with van der Waals surface area (Å²) in [6, 6.07) is 16.3. The Morgan fingerprint density at radius 3 is 2.71 bits per heavy atom. The van der Waals surface area contributed by atoms with Gasteiger partial charge in [0.05, 0.1) is 0 Å². The first kappa shape index (κ1) is 14.6. The average molecular weight is 281 g/mol. The molecule has 2 aromatic rings. The van der Waals surface area contributed by atoms with Gasteiger partial charge in [-0.1, -0.05) is 56.3 Å². The summed E-state index contributed by atoms with van der Waals surface area (Å²) in [7, 11) is 0. The highest BCUT2D eigenvalue weighted by Crippen LogP contribution is 2.33. The van der Waals surface area contributed by atoms with Crippen molar-refractivity contribution in [3.63, 3.8) is 0 Å². The van der Waals surface area contributed by atoms with Crippen molar-refractivity contribution < 1.29 is 0 Å². The van der Waals surface area contributed by atoms with Gasteiger partial charge in [-0.2, -0.15) is 0 Å². The van der Waals surface area contributed by atoms with E-state index in [-0.39, 0.29) is 0 Å². The second-order valence-corrected chi connectivity index (χ2v) is 6.68. The quantitative estimate of drug-likeness (QED) is 0.849. The Balaban J connectivity index is 1.85. The average Bonchev–Trinajstić information content (AvgIpc) is 2.50. The van der Waals surface area contributed by atoms with E-state index in [0.29, 0.717) is 6.04 Å². The molecule has 21 heavy (non-hydrogen) atoms. The molecule has 0 bridgehead atoms. The molecule has 0 spiro atoms. The molecule has 0 radical (unpaired) electrons. The van der Waals surface area contributed by atoms with Crippen molar-refractivity contribution in [3.05, 3.63) is 48.0 Å². The lowest BCUT2D eigenvalue weighted by Crippen LogP contribution is -2.41. The largest absolute Gasteiger partial charge is 0.314 e. The van der Waals surface area contributed by atoms with Crippen LogP contribution in [0.25, 0.3) is 10.8 Å². The first-order valence-corrected chi connectivity index (χ1v) is 8.48. The molecule has 1 fully saturated rings. The molecular weight excluding hydrogens is 254 g/mol. The Morgan fingerprint density at radius 2 is 1.86 bits per heavy atom. The van der Waals surface area contributed by atoms with E-state index in [1.807, 2.05) is 0 Å². The maximum Gasteiger partial charge on any atom is 0.00985 e. The lowest BCUT2D eigenvalue weighted by molar-refractivity contribution is 0.214. The predicted molar refractivity (Wildman–Crippen MR) is 91.6 cm³/mol. The highest BCUT2D eigenvalue weighted by atomic mass is 14.9. The molecule has 3 atom stereocenters. The summed E-state index contributed by atoms with van der Waals surface area (Å²) in [5.41, 5.74) is 1.52. The molecule has 1 saturated carbocycles. The third-order valence-corrected chi connectivity index (χ3v) is 5.07. The highest BCUT2D eigenvalue weighted by Gasteiger charge is 2.28. The van der Waals surface area contributed by atoms with Crippen LogP contribution in [0.5, 0.6) is 0 Å². The van der Waals surface area contributed by atoms with Gasteiger partial charge in [-0.15, -0.1) is 0 Å². The van der Waals surface area contributed by atoms with Crippen LogP contribution in [0.4, 0.5) is 0 Å². The van der Waals surface area contributed by atoms with Crippen LogP contribution < -0.4 is 5.32 Å². The molecule has 2 aromatic carbocycles. The molecule has 0 aromatic heterocycles. The lowest BCUT2D eigenvalue weighted by atomic mass is 9.75. The van der Waals surface area contributed by atoms with Crippen molar-refractivity contribution >= 4 is 10.8 Å². The summed E-state index contributed by atoms with van der Waals surface area (Å²) in [5.74, 6) is 1.65. The first-order valence-electron chi connectivity index (χ1n) is 8.48. The van der Waals surface area contributed by atoms with E-state index in [4.69, 9.17) is 0 Å². The first-order chi connectivity index (χ1) is 10.3. The van der Waals surface area contributed by atoms with E-state index in [2.05, 4.69) is 61.6 Å². The molecule has 112 valence electrons. The van der Waals surface area contributed by atoms with Crippen molar-refractivity contribution in [1.29, 1.82) is 0 Å². The van der Waals surface area contributed by atoms with Crippen LogP contribution in [0.1, 0.15) is 38.7 Å². The molecule has 0 heterocycles. The summed E-state index contributed by atoms with van der Waals surface area (Å²) in [6.45, 7) is 5.73. The zero-order chi connectivity index (χ0) is 14.7. The maximum absolute atomic E-state index is 3.72. The molecule has 0 amide bonds. The highest BCUT2D eigenvalue weighted by molar-refractivity contribution is 5.85. The van der Waals surface area contributed by atoms with Gasteiger partial charge in [-0.3, -0.25) is 0 Å². The van der Waals surface area contributed by atoms with E-state index in [9.17, 15) is 0 Å². The minimum atomic E-state index is 0.699. The van der Waals surface area contributed by atoms with Crippen molar-refractivity contribution in [2.45, 2.75) is 45.6 Å². The molecule has 1 aliphatic carbocycles. The van der Waals surface area contributed by atoms with Gasteiger partial charge in [0, 0.05) is 6.04 Å². The second-order valence-electron chi connectivity index (χ2n) is 6.68. The van der Waals surface area contributed by atoms with Gasteiger partial charge in [0.25, 0.3) is 0 Å². The Bertz CT molecular complexity index is 584. The summed E-state index contributed by atoms with van der Waals surface area (Å²) < 4.78 is 0. The van der Waals surface area contributed by atoms with Crippen molar-refractivity contribution in [3.8, 4) is 0 Å². The number of benzene rings is 2. The topological polar surface area (TPSA) is 12.0 Å². The number of fused-ring (bicyclic) bond motifs is 1. The monoisotopic (exact) mass is 281 g/mol. The number of hydrogen-bond acceptors (Lipinski definition) is 1. The van der Waals surface area contributed by atoms with Crippen LogP contribution in [0.2, 0.25) is 0 Å². The zero-order valence-electron chi connectivity index (χ0n) is 13.3. The zero-order valence-corrected chi connectivity index (χ0v) is 13.3. The van der Waals surface area contributed by atoms with Crippen molar-refractivity contribution in [1.82, 2.24) is 5.32 Å². The Morgan fingerprint density at radius 1 is 1.05 bits per heavy atom. The molecule has 1 N–H and O–H groups in total. The van der Waals surface area contributed by atoms with Crippen LogP contribution in [-0.4, -0.2) is 12.6 Å². The van der Waals surface area contributed by atoms with E-state index in [1.165, 1.54) is 42.0 Å². The van der Waals surface area contributed by atoms with Crippen LogP contribution in [0.3, 0.4) is 0 Å². The fourth-order valence-corrected chi connectivity index (χ4v) is 4.01. The minimum Gasteiger partial charge on any atom is -0.314 e. The molecule has 1 heteroatoms. The predicted octanol–water partition coefficient (Wildman–Crippen LogP) is 4.80. The van der Waals surface area contributed by atoms with Gasteiger partial charge in [0.15, 0.2) is 0 Å². The van der Waals surface area contributed by atoms with Gasteiger partial charge in [-0.25, -0.2) is 0 Å². The van der Waals surface area contributed by atoms with Gasteiger partial charge < -0.3 is 5.32 Å². The Labute approximate surface area is 128 Å². The van der Waals surface area contributed by atoms with E-state index in [1.54, 1.807) is 0 Å². The molecule has 3 unspecified atom stereocenters. The van der Waals surface area contributed by atoms with Crippen LogP contribution in [-0.2, 0) is 6.42 Å². The van der Waals surface area contributed by atoms with E-state index < -0.39 is 0 Å². The third-order valence-electron chi connectivity index (χ3n) is 5.07. The molecule has 1 aliphatic rings. The lowest BCUT2D eigenvalue weighted by Gasteiger charge is -2.35. The van der Waals surface area contributed by atoms with Gasteiger partial charge in [0.1, 0.15) is 0 Å². The SMILES string of the molecule is CCNC1CCC(C)CC1Cc1cccc2ccccc12. The Hall–Kier alpha value is -1.34. The smallest absolute Gasteiger partial charge is 0.00985 e. The van der Waals surface area contributed by atoms with Crippen LogP contribution in [0.15, 0.2) is 42.5 Å². The summed E-state index contributed by atoms with van der Waals surface area (Å²) >= 11 is 0. The molecular formula is C20H27N. The minimum absolute atomic E-state index is 0.699. The summed E-state index contributed by atoms with van der Waals surface area (Å²) in [5, 5.41) is 6.54. The maximum atomic E-state index is 3.72. The van der Waals surface area contributed by atoms with Gasteiger partial charge >= 0.3 is 0 Å². The Kier molecular flexibility index (Phi) is 4.60. The molecule has 0 aliphatic heterocycles. The number of rotatable bonds is 4.